The van der Waals surface area contributed by atoms with Crippen LogP contribution in [0.1, 0.15) is 23.1 Å². The number of nitrogens with zero attached hydrogens (tertiary/aromatic N) is 1. The molecular weight excluding hydrogens is 402 g/mol. The fraction of sp³-hybridized carbons (Fsp3) is 0.259. The number of hydrogen-bond acceptors (Lipinski definition) is 4. The molecule has 0 bridgehead atoms. The Hall–Kier alpha value is -3.44. The van der Waals surface area contributed by atoms with Crippen LogP contribution in [0.4, 0.5) is 0 Å². The highest BCUT2D eigenvalue weighted by atomic mass is 16.5. The molecule has 1 unspecified atom stereocenters. The van der Waals surface area contributed by atoms with Crippen molar-refractivity contribution in [2.45, 2.75) is 38.1 Å². The first-order valence-electron chi connectivity index (χ1n) is 10.9. The van der Waals surface area contributed by atoms with E-state index in [0.717, 1.165) is 22.4 Å². The molecule has 1 heterocycles. The van der Waals surface area contributed by atoms with E-state index in [9.17, 15) is 9.59 Å². The number of hydrogen-bond donors (Lipinski definition) is 0. The summed E-state index contributed by atoms with van der Waals surface area (Å²) in [6.45, 7) is 0.890. The quantitative estimate of drug-likeness (QED) is 0.479. The predicted molar refractivity (Wildman–Crippen MR) is 122 cm³/mol. The van der Waals surface area contributed by atoms with Gasteiger partial charge in [0, 0.05) is 6.42 Å². The normalized spacial score (nSPS) is 17.8. The zero-order valence-corrected chi connectivity index (χ0v) is 17.9. The number of carbonyl (C=O) groups excluding carboxylic acids is 2. The average molecular weight is 430 g/mol. The maximum atomic E-state index is 13.0. The summed E-state index contributed by atoms with van der Waals surface area (Å²) in [5.41, 5.74) is 3.29. The second-order valence-electron chi connectivity index (χ2n) is 7.92. The first-order chi connectivity index (χ1) is 15.7. The van der Waals surface area contributed by atoms with Gasteiger partial charge >= 0.3 is 0 Å². The van der Waals surface area contributed by atoms with E-state index in [1.807, 2.05) is 84.9 Å². The lowest BCUT2D eigenvalue weighted by molar-refractivity contribution is -0.142. The highest BCUT2D eigenvalue weighted by Crippen LogP contribution is 2.22. The van der Waals surface area contributed by atoms with E-state index >= 15 is 0 Å². The standard InChI is InChI=1S/C27H27NO4/c29-18-27-28(24(20-32-27)17-22-7-3-1-4-8-22)26(30)16-13-21-11-14-25(15-12-21)31-19-23-9-5-2-6-10-23/h1-12,14-15,18,24,27H,13,16-17,19-20H2/t24-,27?/m0/s1. The van der Waals surface area contributed by atoms with Crippen molar-refractivity contribution >= 4 is 12.2 Å². The molecule has 32 heavy (non-hydrogen) atoms. The largest absolute Gasteiger partial charge is 0.489 e. The van der Waals surface area contributed by atoms with Gasteiger partial charge in [-0.3, -0.25) is 9.59 Å². The minimum absolute atomic E-state index is 0.0649. The Bertz CT molecular complexity index is 1000. The molecule has 1 aliphatic heterocycles. The van der Waals surface area contributed by atoms with Crippen LogP contribution in [0.25, 0.3) is 0 Å². The van der Waals surface area contributed by atoms with Crippen LogP contribution < -0.4 is 4.74 Å². The van der Waals surface area contributed by atoms with Crippen LogP contribution >= 0.6 is 0 Å². The number of ether oxygens (including phenoxy) is 2. The topological polar surface area (TPSA) is 55.8 Å². The van der Waals surface area contributed by atoms with Gasteiger partial charge in [0.15, 0.2) is 12.5 Å². The van der Waals surface area contributed by atoms with Crippen molar-refractivity contribution in [3.63, 3.8) is 0 Å². The van der Waals surface area contributed by atoms with Gasteiger partial charge in [-0.25, -0.2) is 0 Å². The zero-order chi connectivity index (χ0) is 22.2. The van der Waals surface area contributed by atoms with Crippen LogP contribution in [-0.4, -0.2) is 36.0 Å². The molecule has 0 spiro atoms. The molecule has 1 saturated heterocycles. The molecule has 2 atom stereocenters. The highest BCUT2D eigenvalue weighted by Gasteiger charge is 2.37. The number of carbonyl (C=O) groups is 2. The third-order valence-electron chi connectivity index (χ3n) is 5.64. The SMILES string of the molecule is O=CC1OC[C@H](Cc2ccccc2)N1C(=O)CCc1ccc(OCc2ccccc2)cc1. The Morgan fingerprint density at radius 3 is 2.22 bits per heavy atom. The lowest BCUT2D eigenvalue weighted by Gasteiger charge is -2.26. The van der Waals surface area contributed by atoms with E-state index in [1.165, 1.54) is 0 Å². The van der Waals surface area contributed by atoms with Crippen LogP contribution in [0.15, 0.2) is 84.9 Å². The maximum absolute atomic E-state index is 13.0. The molecule has 0 saturated carbocycles. The molecule has 0 aromatic heterocycles. The van der Waals surface area contributed by atoms with E-state index in [4.69, 9.17) is 9.47 Å². The van der Waals surface area contributed by atoms with Gasteiger partial charge in [0.05, 0.1) is 12.6 Å². The summed E-state index contributed by atoms with van der Waals surface area (Å²) >= 11 is 0. The lowest BCUT2D eigenvalue weighted by atomic mass is 10.0. The van der Waals surface area contributed by atoms with Gasteiger partial charge in [-0.05, 0) is 41.7 Å². The first kappa shape index (κ1) is 21.8. The van der Waals surface area contributed by atoms with Crippen molar-refractivity contribution in [3.8, 4) is 5.75 Å². The van der Waals surface area contributed by atoms with Crippen LogP contribution in [-0.2, 0) is 33.8 Å². The van der Waals surface area contributed by atoms with Crippen molar-refractivity contribution in [2.75, 3.05) is 6.61 Å². The summed E-state index contributed by atoms with van der Waals surface area (Å²) < 4.78 is 11.4. The molecular formula is C27H27NO4. The molecule has 3 aromatic rings. The minimum atomic E-state index is -0.801. The third kappa shape index (κ3) is 5.62. The van der Waals surface area contributed by atoms with Crippen molar-refractivity contribution in [1.29, 1.82) is 0 Å². The zero-order valence-electron chi connectivity index (χ0n) is 17.9. The van der Waals surface area contributed by atoms with E-state index in [-0.39, 0.29) is 11.9 Å². The fourth-order valence-electron chi connectivity index (χ4n) is 3.95. The van der Waals surface area contributed by atoms with Gasteiger partial charge in [-0.2, -0.15) is 0 Å². The summed E-state index contributed by atoms with van der Waals surface area (Å²) in [5, 5.41) is 0. The van der Waals surface area contributed by atoms with Gasteiger partial charge in [-0.15, -0.1) is 0 Å². The van der Waals surface area contributed by atoms with E-state index in [2.05, 4.69) is 0 Å². The molecule has 5 heteroatoms. The third-order valence-corrected chi connectivity index (χ3v) is 5.64. The Morgan fingerprint density at radius 1 is 0.906 bits per heavy atom. The molecule has 0 aliphatic carbocycles. The summed E-state index contributed by atoms with van der Waals surface area (Å²) in [5.74, 6) is 0.728. The molecule has 4 rings (SSSR count). The van der Waals surface area contributed by atoms with Crippen molar-refractivity contribution in [1.82, 2.24) is 4.90 Å². The van der Waals surface area contributed by atoms with E-state index in [1.54, 1.807) is 4.90 Å². The molecule has 1 amide bonds. The fourth-order valence-corrected chi connectivity index (χ4v) is 3.95. The highest BCUT2D eigenvalue weighted by molar-refractivity contribution is 5.80. The second kappa shape index (κ2) is 10.7. The van der Waals surface area contributed by atoms with Gasteiger partial charge in [0.1, 0.15) is 12.4 Å². The smallest absolute Gasteiger partial charge is 0.225 e. The average Bonchev–Trinajstić information content (AvgIpc) is 3.26. The van der Waals surface area contributed by atoms with Crippen LogP contribution in [0, 0.1) is 0 Å². The van der Waals surface area contributed by atoms with Gasteiger partial charge < -0.3 is 14.4 Å². The number of rotatable bonds is 9. The predicted octanol–water partition coefficient (Wildman–Crippen LogP) is 4.19. The van der Waals surface area contributed by atoms with Crippen molar-refractivity contribution < 1.29 is 19.1 Å². The molecule has 1 aliphatic rings. The van der Waals surface area contributed by atoms with Crippen molar-refractivity contribution in [3.05, 3.63) is 102 Å². The lowest BCUT2D eigenvalue weighted by Crippen LogP contribution is -2.43. The summed E-state index contributed by atoms with van der Waals surface area (Å²) in [6, 6.07) is 27.7. The number of aryl methyl sites for hydroxylation is 1. The number of aldehydes is 1. The molecule has 3 aromatic carbocycles. The monoisotopic (exact) mass is 429 g/mol. The maximum Gasteiger partial charge on any atom is 0.225 e. The van der Waals surface area contributed by atoms with Crippen molar-refractivity contribution in [2.24, 2.45) is 0 Å². The first-order valence-corrected chi connectivity index (χ1v) is 10.9. The Morgan fingerprint density at radius 2 is 1.56 bits per heavy atom. The van der Waals surface area contributed by atoms with Gasteiger partial charge in [-0.1, -0.05) is 72.8 Å². The van der Waals surface area contributed by atoms with Gasteiger partial charge in [0.2, 0.25) is 5.91 Å². The molecule has 164 valence electrons. The molecule has 5 nitrogen and oxygen atoms in total. The Balaban J connectivity index is 1.31. The molecule has 1 fully saturated rings. The minimum Gasteiger partial charge on any atom is -0.489 e. The van der Waals surface area contributed by atoms with Gasteiger partial charge in [0.25, 0.3) is 0 Å². The number of amides is 1. The van der Waals surface area contributed by atoms with Crippen LogP contribution in [0.2, 0.25) is 0 Å². The molecule has 0 radical (unpaired) electrons. The van der Waals surface area contributed by atoms with E-state index in [0.29, 0.717) is 38.8 Å². The second-order valence-corrected chi connectivity index (χ2v) is 7.92. The number of benzene rings is 3. The summed E-state index contributed by atoms with van der Waals surface area (Å²) in [4.78, 5) is 26.0. The van der Waals surface area contributed by atoms with Crippen LogP contribution in [0.5, 0.6) is 5.75 Å². The Labute approximate surface area is 188 Å². The van der Waals surface area contributed by atoms with E-state index < -0.39 is 6.23 Å². The molecule has 0 N–H and O–H groups in total. The Kier molecular flexibility index (Phi) is 7.31. The summed E-state index contributed by atoms with van der Waals surface area (Å²) in [7, 11) is 0. The summed E-state index contributed by atoms with van der Waals surface area (Å²) in [6.07, 6.45) is 1.50. The van der Waals surface area contributed by atoms with Crippen LogP contribution in [0.3, 0.4) is 0 Å².